The van der Waals surface area contributed by atoms with Crippen molar-refractivity contribution >= 4 is 17.4 Å². The number of aliphatic hydroxyl groups excluding tert-OH is 1. The highest BCUT2D eigenvalue weighted by atomic mass is 16.5. The molecule has 0 saturated carbocycles. The van der Waals surface area contributed by atoms with Crippen molar-refractivity contribution in [2.24, 2.45) is 0 Å². The van der Waals surface area contributed by atoms with Crippen LogP contribution in [0.4, 0.5) is 0 Å². The Balaban J connectivity index is 2.15. The number of nitrogens with zero attached hydrogens (tertiary/aromatic N) is 2. The summed E-state index contributed by atoms with van der Waals surface area (Å²) in [4.78, 5) is 29.6. The van der Waals surface area contributed by atoms with E-state index in [0.29, 0.717) is 35.6 Å². The number of carbonyl (C=O) groups is 2. The summed E-state index contributed by atoms with van der Waals surface area (Å²) < 4.78 is 10.8. The summed E-state index contributed by atoms with van der Waals surface area (Å²) in [6.45, 7) is 1.13. The van der Waals surface area contributed by atoms with Gasteiger partial charge < -0.3 is 24.4 Å². The third-order valence-electron chi connectivity index (χ3n) is 5.33. The maximum absolute atomic E-state index is 13.0. The van der Waals surface area contributed by atoms with Gasteiger partial charge in [-0.25, -0.2) is 0 Å². The summed E-state index contributed by atoms with van der Waals surface area (Å²) in [7, 11) is 6.98. The summed E-state index contributed by atoms with van der Waals surface area (Å²) in [5.74, 6) is -0.457. The van der Waals surface area contributed by atoms with Gasteiger partial charge in [-0.05, 0) is 39.2 Å². The minimum atomic E-state index is -0.761. The number of rotatable bonds is 8. The first-order valence-corrected chi connectivity index (χ1v) is 10.1. The molecule has 1 N–H and O–H groups in total. The molecule has 0 radical (unpaired) electrons. The molecule has 0 aromatic heterocycles. The van der Waals surface area contributed by atoms with Gasteiger partial charge in [0, 0.05) is 23.7 Å². The number of benzene rings is 2. The number of hydrogen-bond donors (Lipinski definition) is 1. The van der Waals surface area contributed by atoms with Crippen molar-refractivity contribution in [1.82, 2.24) is 9.80 Å². The smallest absolute Gasteiger partial charge is 0.295 e. The maximum atomic E-state index is 13.0. The Labute approximate surface area is 182 Å². The minimum Gasteiger partial charge on any atom is -0.507 e. The van der Waals surface area contributed by atoms with Crippen LogP contribution < -0.4 is 9.47 Å². The molecule has 3 rings (SSSR count). The number of hydrogen-bond acceptors (Lipinski definition) is 6. The van der Waals surface area contributed by atoms with Crippen molar-refractivity contribution in [3.63, 3.8) is 0 Å². The van der Waals surface area contributed by atoms with Crippen LogP contribution in [0.1, 0.15) is 23.6 Å². The van der Waals surface area contributed by atoms with Gasteiger partial charge in [-0.2, -0.15) is 0 Å². The Bertz CT molecular complexity index is 985. The van der Waals surface area contributed by atoms with Gasteiger partial charge in [-0.1, -0.05) is 30.3 Å². The number of carbonyl (C=O) groups excluding carboxylic acids is 2. The van der Waals surface area contributed by atoms with E-state index in [1.54, 1.807) is 49.6 Å². The Morgan fingerprint density at radius 3 is 2.39 bits per heavy atom. The van der Waals surface area contributed by atoms with Crippen molar-refractivity contribution < 1.29 is 24.2 Å². The molecule has 1 amide bonds. The molecule has 7 nitrogen and oxygen atoms in total. The van der Waals surface area contributed by atoms with E-state index < -0.39 is 17.7 Å². The van der Waals surface area contributed by atoms with Crippen LogP contribution in [-0.2, 0) is 9.59 Å². The molecular weight excluding hydrogens is 396 g/mol. The lowest BCUT2D eigenvalue weighted by Gasteiger charge is -2.27. The zero-order chi connectivity index (χ0) is 22.5. The zero-order valence-electron chi connectivity index (χ0n) is 18.3. The van der Waals surface area contributed by atoms with Crippen LogP contribution in [0.25, 0.3) is 5.76 Å². The predicted octanol–water partition coefficient (Wildman–Crippen LogP) is 3.08. The summed E-state index contributed by atoms with van der Waals surface area (Å²) in [5, 5.41) is 11.0. The lowest BCUT2D eigenvalue weighted by molar-refractivity contribution is -0.140. The van der Waals surface area contributed by atoms with E-state index in [2.05, 4.69) is 0 Å². The average molecular weight is 424 g/mol. The van der Waals surface area contributed by atoms with Crippen LogP contribution in [0, 0.1) is 0 Å². The predicted molar refractivity (Wildman–Crippen MR) is 118 cm³/mol. The van der Waals surface area contributed by atoms with E-state index in [1.807, 2.05) is 25.1 Å². The van der Waals surface area contributed by atoms with Gasteiger partial charge in [-0.3, -0.25) is 9.59 Å². The number of ketones is 1. The van der Waals surface area contributed by atoms with Crippen molar-refractivity contribution in [3.8, 4) is 11.5 Å². The van der Waals surface area contributed by atoms with E-state index in [0.717, 1.165) is 6.54 Å². The number of methoxy groups -OCH3 is 2. The maximum Gasteiger partial charge on any atom is 0.295 e. The van der Waals surface area contributed by atoms with Gasteiger partial charge in [0.15, 0.2) is 0 Å². The van der Waals surface area contributed by atoms with Gasteiger partial charge in [0.25, 0.3) is 11.7 Å². The summed E-state index contributed by atoms with van der Waals surface area (Å²) in [5.41, 5.74) is 1.15. The number of aliphatic hydroxyl groups is 1. The van der Waals surface area contributed by atoms with Crippen molar-refractivity contribution in [1.29, 1.82) is 0 Å². The number of likely N-dealkylation sites (tertiary alicyclic amines) is 1. The third kappa shape index (κ3) is 4.56. The first-order chi connectivity index (χ1) is 14.9. The largest absolute Gasteiger partial charge is 0.507 e. The Kier molecular flexibility index (Phi) is 6.97. The SMILES string of the molecule is COc1ccc([C@H]2C(=C(O)c3ccccc3)C(=O)C(=O)N2CCCN(C)C)c(OC)c1. The van der Waals surface area contributed by atoms with E-state index in [4.69, 9.17) is 9.47 Å². The highest BCUT2D eigenvalue weighted by molar-refractivity contribution is 6.46. The van der Waals surface area contributed by atoms with Crippen molar-refractivity contribution in [2.75, 3.05) is 41.4 Å². The van der Waals surface area contributed by atoms with Crippen LogP contribution in [0.3, 0.4) is 0 Å². The molecule has 1 aliphatic rings. The quantitative estimate of drug-likeness (QED) is 0.399. The molecule has 2 aromatic rings. The van der Waals surface area contributed by atoms with Crippen LogP contribution in [0.5, 0.6) is 11.5 Å². The molecule has 2 aromatic carbocycles. The van der Waals surface area contributed by atoms with E-state index >= 15 is 0 Å². The topological polar surface area (TPSA) is 79.3 Å². The third-order valence-corrected chi connectivity index (χ3v) is 5.33. The van der Waals surface area contributed by atoms with E-state index in [9.17, 15) is 14.7 Å². The summed E-state index contributed by atoms with van der Waals surface area (Å²) in [6, 6.07) is 13.2. The van der Waals surface area contributed by atoms with Crippen LogP contribution in [-0.4, -0.2) is 68.0 Å². The highest BCUT2D eigenvalue weighted by Gasteiger charge is 2.46. The summed E-state index contributed by atoms with van der Waals surface area (Å²) >= 11 is 0. The lowest BCUT2D eigenvalue weighted by atomic mass is 9.94. The van der Waals surface area contributed by atoms with E-state index in [-0.39, 0.29) is 11.3 Å². The van der Waals surface area contributed by atoms with Crippen LogP contribution in [0.15, 0.2) is 54.1 Å². The Morgan fingerprint density at radius 2 is 1.77 bits per heavy atom. The minimum absolute atomic E-state index is 0.0597. The van der Waals surface area contributed by atoms with Gasteiger partial charge in [-0.15, -0.1) is 0 Å². The lowest BCUT2D eigenvalue weighted by Crippen LogP contribution is -2.32. The molecule has 31 heavy (non-hydrogen) atoms. The average Bonchev–Trinajstić information content (AvgIpc) is 3.03. The van der Waals surface area contributed by atoms with Gasteiger partial charge >= 0.3 is 0 Å². The van der Waals surface area contributed by atoms with Gasteiger partial charge in [0.2, 0.25) is 0 Å². The Hall–Kier alpha value is -3.32. The monoisotopic (exact) mass is 424 g/mol. The molecule has 0 aliphatic carbocycles. The molecule has 7 heteroatoms. The standard InChI is InChI=1S/C24H28N2O5/c1-25(2)13-8-14-26-21(18-12-11-17(30-3)15-19(18)31-4)20(23(28)24(26)29)22(27)16-9-6-5-7-10-16/h5-7,9-12,15,21,27H,8,13-14H2,1-4H3/t21-/m0/s1. The highest BCUT2D eigenvalue weighted by Crippen LogP contribution is 2.43. The molecule has 0 unspecified atom stereocenters. The fraction of sp³-hybridized carbons (Fsp3) is 0.333. The second-order valence-corrected chi connectivity index (χ2v) is 7.62. The summed E-state index contributed by atoms with van der Waals surface area (Å²) in [6.07, 6.45) is 0.681. The number of ether oxygens (including phenoxy) is 2. The molecule has 0 bridgehead atoms. The van der Waals surface area contributed by atoms with Gasteiger partial charge in [0.1, 0.15) is 17.3 Å². The van der Waals surface area contributed by atoms with Crippen molar-refractivity contribution in [3.05, 3.63) is 65.2 Å². The molecule has 1 atom stereocenters. The Morgan fingerprint density at radius 1 is 1.06 bits per heavy atom. The molecule has 1 heterocycles. The fourth-order valence-corrected chi connectivity index (χ4v) is 3.79. The molecule has 1 saturated heterocycles. The second-order valence-electron chi connectivity index (χ2n) is 7.62. The van der Waals surface area contributed by atoms with E-state index in [1.165, 1.54) is 12.0 Å². The first kappa shape index (κ1) is 22.4. The fourth-order valence-electron chi connectivity index (χ4n) is 3.79. The molecule has 164 valence electrons. The zero-order valence-corrected chi connectivity index (χ0v) is 18.3. The first-order valence-electron chi connectivity index (χ1n) is 10.1. The molecule has 1 aliphatic heterocycles. The molecule has 0 spiro atoms. The second kappa shape index (κ2) is 9.66. The van der Waals surface area contributed by atoms with Crippen molar-refractivity contribution in [2.45, 2.75) is 12.5 Å². The normalized spacial score (nSPS) is 18.0. The van der Waals surface area contributed by atoms with Crippen LogP contribution >= 0.6 is 0 Å². The van der Waals surface area contributed by atoms with Gasteiger partial charge in [0.05, 0.1) is 25.8 Å². The van der Waals surface area contributed by atoms with Crippen LogP contribution in [0.2, 0.25) is 0 Å². The number of amides is 1. The molecular formula is C24H28N2O5. The molecule has 1 fully saturated rings. The number of Topliss-reactive ketones (excluding diaryl/α,β-unsaturated/α-hetero) is 1.